The Kier molecular flexibility index (Phi) is 3.60. The van der Waals surface area contributed by atoms with Crippen LogP contribution in [-0.4, -0.2) is 12.1 Å². The van der Waals surface area contributed by atoms with Gasteiger partial charge >= 0.3 is 0 Å². The summed E-state index contributed by atoms with van der Waals surface area (Å²) in [6.45, 7) is 2.05. The first-order chi connectivity index (χ1) is 10.2. The molecule has 0 amide bonds. The minimum absolute atomic E-state index is 0.367. The van der Waals surface area contributed by atoms with Crippen LogP contribution in [0, 0.1) is 6.92 Å². The molecular formula is C16H17N3O2. The summed E-state index contributed by atoms with van der Waals surface area (Å²) < 4.78 is 11.2. The molecule has 0 aliphatic rings. The van der Waals surface area contributed by atoms with Crippen molar-refractivity contribution < 1.29 is 9.15 Å². The fourth-order valence-electron chi connectivity index (χ4n) is 2.41. The number of nitrogens with zero attached hydrogens (tertiary/aromatic N) is 1. The maximum atomic E-state index is 5.89. The van der Waals surface area contributed by atoms with Crippen molar-refractivity contribution in [3.05, 3.63) is 59.6 Å². The van der Waals surface area contributed by atoms with E-state index in [1.165, 1.54) is 5.56 Å². The molecule has 3 rings (SSSR count). The second kappa shape index (κ2) is 5.55. The lowest BCUT2D eigenvalue weighted by Crippen LogP contribution is -2.29. The summed E-state index contributed by atoms with van der Waals surface area (Å²) in [6, 6.07) is 11.3. The third-order valence-corrected chi connectivity index (χ3v) is 3.44. The Morgan fingerprint density at radius 1 is 1.29 bits per heavy atom. The Bertz CT molecular complexity index is 767. The Morgan fingerprint density at radius 3 is 2.90 bits per heavy atom. The van der Waals surface area contributed by atoms with E-state index in [2.05, 4.69) is 16.5 Å². The smallest absolute Gasteiger partial charge is 0.142 e. The van der Waals surface area contributed by atoms with E-state index in [1.807, 2.05) is 37.3 Å². The van der Waals surface area contributed by atoms with Crippen molar-refractivity contribution in [3.63, 3.8) is 0 Å². The Balaban J connectivity index is 2.09. The molecule has 0 aliphatic heterocycles. The van der Waals surface area contributed by atoms with Crippen LogP contribution in [0.4, 0.5) is 0 Å². The van der Waals surface area contributed by atoms with E-state index in [1.54, 1.807) is 13.3 Å². The van der Waals surface area contributed by atoms with Gasteiger partial charge in [0.1, 0.15) is 28.8 Å². The number of hydrogen-bond acceptors (Lipinski definition) is 5. The molecule has 0 saturated carbocycles. The zero-order chi connectivity index (χ0) is 14.8. The van der Waals surface area contributed by atoms with Crippen LogP contribution in [0.5, 0.6) is 5.75 Å². The first-order valence-electron chi connectivity index (χ1n) is 6.68. The summed E-state index contributed by atoms with van der Waals surface area (Å²) in [6.07, 6.45) is 1.70. The molecule has 1 aromatic carbocycles. The van der Waals surface area contributed by atoms with Gasteiger partial charge in [0.2, 0.25) is 0 Å². The van der Waals surface area contributed by atoms with E-state index in [0.29, 0.717) is 17.2 Å². The lowest BCUT2D eigenvalue weighted by Gasteiger charge is -2.15. The van der Waals surface area contributed by atoms with Gasteiger partial charge in [0, 0.05) is 11.6 Å². The minimum atomic E-state index is -0.367. The number of pyridine rings is 1. The van der Waals surface area contributed by atoms with Gasteiger partial charge in [0.25, 0.3) is 0 Å². The standard InChI is InChI=1S/C16H17N3O2/c1-10-5-6-12-11(8-10)9-14(21-12)16(19-17)15-13(20-2)4-3-7-18-15/h3-9,16,19H,17H2,1-2H3. The summed E-state index contributed by atoms with van der Waals surface area (Å²) in [5, 5.41) is 1.04. The number of benzene rings is 1. The van der Waals surface area contributed by atoms with Gasteiger partial charge in [0.15, 0.2) is 0 Å². The van der Waals surface area contributed by atoms with Crippen LogP contribution in [0.15, 0.2) is 47.0 Å². The molecule has 21 heavy (non-hydrogen) atoms. The molecule has 1 unspecified atom stereocenters. The molecule has 0 radical (unpaired) electrons. The topological polar surface area (TPSA) is 73.3 Å². The summed E-state index contributed by atoms with van der Waals surface area (Å²) in [7, 11) is 1.61. The normalized spacial score (nSPS) is 12.5. The van der Waals surface area contributed by atoms with Crippen LogP contribution in [0.2, 0.25) is 0 Å². The predicted octanol–water partition coefficient (Wildman–Crippen LogP) is 2.70. The molecule has 1 atom stereocenters. The second-order valence-electron chi connectivity index (χ2n) is 4.88. The van der Waals surface area contributed by atoms with E-state index < -0.39 is 0 Å². The van der Waals surface area contributed by atoms with Crippen molar-refractivity contribution in [1.82, 2.24) is 10.4 Å². The van der Waals surface area contributed by atoms with E-state index >= 15 is 0 Å². The monoisotopic (exact) mass is 283 g/mol. The van der Waals surface area contributed by atoms with Gasteiger partial charge in [-0.15, -0.1) is 0 Å². The van der Waals surface area contributed by atoms with Crippen LogP contribution in [0.25, 0.3) is 11.0 Å². The van der Waals surface area contributed by atoms with Crippen LogP contribution in [0.1, 0.15) is 23.1 Å². The Labute approximate surface area is 122 Å². The van der Waals surface area contributed by atoms with Gasteiger partial charge in [-0.05, 0) is 37.3 Å². The van der Waals surface area contributed by atoms with Gasteiger partial charge in [-0.3, -0.25) is 10.8 Å². The first kappa shape index (κ1) is 13.6. The maximum Gasteiger partial charge on any atom is 0.142 e. The highest BCUT2D eigenvalue weighted by Gasteiger charge is 2.22. The average Bonchev–Trinajstić information content (AvgIpc) is 2.91. The van der Waals surface area contributed by atoms with Crippen molar-refractivity contribution in [1.29, 1.82) is 0 Å². The molecule has 0 fully saturated rings. The highest BCUT2D eigenvalue weighted by atomic mass is 16.5. The molecule has 5 heteroatoms. The molecule has 2 heterocycles. The lowest BCUT2D eigenvalue weighted by molar-refractivity contribution is 0.391. The Morgan fingerprint density at radius 2 is 2.14 bits per heavy atom. The number of nitrogens with one attached hydrogen (secondary N) is 1. The van der Waals surface area contributed by atoms with E-state index in [0.717, 1.165) is 11.0 Å². The number of hydrogen-bond donors (Lipinski definition) is 2. The Hall–Kier alpha value is -2.37. The van der Waals surface area contributed by atoms with Gasteiger partial charge < -0.3 is 9.15 Å². The summed E-state index contributed by atoms with van der Waals surface area (Å²) in [4.78, 5) is 4.36. The highest BCUT2D eigenvalue weighted by molar-refractivity contribution is 5.79. The fourth-order valence-corrected chi connectivity index (χ4v) is 2.41. The molecular weight excluding hydrogens is 266 g/mol. The van der Waals surface area contributed by atoms with Crippen molar-refractivity contribution in [2.75, 3.05) is 7.11 Å². The number of fused-ring (bicyclic) bond motifs is 1. The SMILES string of the molecule is COc1cccnc1C(NN)c1cc2cc(C)ccc2o1. The third-order valence-electron chi connectivity index (χ3n) is 3.44. The lowest BCUT2D eigenvalue weighted by atomic mass is 10.1. The van der Waals surface area contributed by atoms with Crippen LogP contribution in [-0.2, 0) is 0 Å². The van der Waals surface area contributed by atoms with Crippen molar-refractivity contribution in [3.8, 4) is 5.75 Å². The fraction of sp³-hybridized carbons (Fsp3) is 0.188. The molecule has 0 saturated heterocycles. The largest absolute Gasteiger partial charge is 0.495 e. The maximum absolute atomic E-state index is 5.89. The predicted molar refractivity (Wildman–Crippen MR) is 80.9 cm³/mol. The number of hydrazine groups is 1. The minimum Gasteiger partial charge on any atom is -0.495 e. The average molecular weight is 283 g/mol. The second-order valence-corrected chi connectivity index (χ2v) is 4.88. The third kappa shape index (κ3) is 2.49. The summed E-state index contributed by atoms with van der Waals surface area (Å²) >= 11 is 0. The zero-order valence-corrected chi connectivity index (χ0v) is 12.0. The molecule has 108 valence electrons. The van der Waals surface area contributed by atoms with Crippen LogP contribution in [0.3, 0.4) is 0 Å². The molecule has 3 N–H and O–H groups in total. The highest BCUT2D eigenvalue weighted by Crippen LogP contribution is 2.31. The zero-order valence-electron chi connectivity index (χ0n) is 12.0. The number of aryl methyl sites for hydroxylation is 1. The van der Waals surface area contributed by atoms with Crippen molar-refractivity contribution >= 4 is 11.0 Å². The van der Waals surface area contributed by atoms with E-state index in [4.69, 9.17) is 15.0 Å². The van der Waals surface area contributed by atoms with Crippen LogP contribution >= 0.6 is 0 Å². The van der Waals surface area contributed by atoms with Gasteiger partial charge in [-0.25, -0.2) is 5.43 Å². The van der Waals surface area contributed by atoms with E-state index in [9.17, 15) is 0 Å². The molecule has 0 bridgehead atoms. The van der Waals surface area contributed by atoms with Gasteiger partial charge in [-0.2, -0.15) is 0 Å². The summed E-state index contributed by atoms with van der Waals surface area (Å²) in [5.41, 5.74) is 5.45. The van der Waals surface area contributed by atoms with Gasteiger partial charge in [-0.1, -0.05) is 11.6 Å². The number of aromatic nitrogens is 1. The number of rotatable bonds is 4. The number of furan rings is 1. The number of methoxy groups -OCH3 is 1. The molecule has 3 aromatic rings. The quantitative estimate of drug-likeness (QED) is 0.569. The van der Waals surface area contributed by atoms with Gasteiger partial charge in [0.05, 0.1) is 7.11 Å². The molecule has 0 spiro atoms. The number of ether oxygens (including phenoxy) is 1. The number of nitrogens with two attached hydrogens (primary N) is 1. The molecule has 2 aromatic heterocycles. The van der Waals surface area contributed by atoms with Crippen molar-refractivity contribution in [2.45, 2.75) is 13.0 Å². The molecule has 0 aliphatic carbocycles. The van der Waals surface area contributed by atoms with Crippen molar-refractivity contribution in [2.24, 2.45) is 5.84 Å². The van der Waals surface area contributed by atoms with Crippen LogP contribution < -0.4 is 16.0 Å². The first-order valence-corrected chi connectivity index (χ1v) is 6.68. The summed E-state index contributed by atoms with van der Waals surface area (Å²) in [5.74, 6) is 7.07. The molecule has 5 nitrogen and oxygen atoms in total. The van der Waals surface area contributed by atoms with E-state index in [-0.39, 0.29) is 6.04 Å².